The van der Waals surface area contributed by atoms with Gasteiger partial charge in [-0.1, -0.05) is 0 Å². The number of nitrogens with zero attached hydrogens (tertiary/aromatic N) is 1. The summed E-state index contributed by atoms with van der Waals surface area (Å²) in [7, 11) is 1.50. The monoisotopic (exact) mass is 424 g/mol. The molecular formula is C18H15F3N4O5. The molecule has 2 aromatic heterocycles. The number of amides is 1. The Morgan fingerprint density at radius 2 is 1.97 bits per heavy atom. The summed E-state index contributed by atoms with van der Waals surface area (Å²) < 4.78 is 46.1. The lowest BCUT2D eigenvalue weighted by atomic mass is 9.97. The lowest BCUT2D eigenvalue weighted by molar-refractivity contribution is -0.252. The zero-order valence-electron chi connectivity index (χ0n) is 15.4. The van der Waals surface area contributed by atoms with Crippen molar-refractivity contribution < 1.29 is 27.8 Å². The van der Waals surface area contributed by atoms with E-state index in [1.54, 1.807) is 29.4 Å². The fraction of sp³-hybridized carbons (Fsp3) is 0.278. The number of fused-ring (bicyclic) bond motifs is 2. The Labute approximate surface area is 165 Å². The Kier molecular flexibility index (Phi) is 4.27. The van der Waals surface area contributed by atoms with Gasteiger partial charge in [0.15, 0.2) is 0 Å². The number of H-pyrrole nitrogens is 2. The summed E-state index contributed by atoms with van der Waals surface area (Å²) in [4.78, 5) is 41.0. The van der Waals surface area contributed by atoms with E-state index in [2.05, 4.69) is 4.98 Å². The van der Waals surface area contributed by atoms with Crippen molar-refractivity contribution in [3.8, 4) is 5.75 Å². The van der Waals surface area contributed by atoms with E-state index in [0.29, 0.717) is 5.75 Å². The largest absolute Gasteiger partial charge is 0.497 e. The number of carbonyl (C=O) groups excluding carboxylic acids is 1. The quantitative estimate of drug-likeness (QED) is 0.496. The van der Waals surface area contributed by atoms with Crippen LogP contribution in [0, 0.1) is 0 Å². The lowest BCUT2D eigenvalue weighted by Crippen LogP contribution is -2.50. The second-order valence-corrected chi connectivity index (χ2v) is 6.77. The van der Waals surface area contributed by atoms with Crippen molar-refractivity contribution in [2.45, 2.75) is 24.7 Å². The molecule has 0 saturated heterocycles. The van der Waals surface area contributed by atoms with Crippen LogP contribution in [0.4, 0.5) is 19.0 Å². The van der Waals surface area contributed by atoms with Gasteiger partial charge in [0, 0.05) is 23.6 Å². The van der Waals surface area contributed by atoms with Gasteiger partial charge in [-0.25, -0.2) is 4.79 Å². The Balaban J connectivity index is 1.77. The van der Waals surface area contributed by atoms with Crippen molar-refractivity contribution in [2.24, 2.45) is 0 Å². The fourth-order valence-corrected chi connectivity index (χ4v) is 3.56. The molecule has 1 aliphatic rings. The molecule has 1 aromatic carbocycles. The van der Waals surface area contributed by atoms with Gasteiger partial charge in [0.05, 0.1) is 7.11 Å². The van der Waals surface area contributed by atoms with Gasteiger partial charge in [0.25, 0.3) is 17.1 Å². The van der Waals surface area contributed by atoms with Crippen LogP contribution in [0.15, 0.2) is 34.0 Å². The number of hydrogen-bond acceptors (Lipinski definition) is 5. The van der Waals surface area contributed by atoms with Crippen LogP contribution < -0.4 is 21.3 Å². The number of nitrogens with one attached hydrogen (secondary N) is 3. The molecule has 3 heterocycles. The number of alkyl halides is 3. The van der Waals surface area contributed by atoms with Crippen LogP contribution >= 0.6 is 0 Å². The maximum Gasteiger partial charge on any atom is 0.431 e. The molecule has 0 bridgehead atoms. The second kappa shape index (κ2) is 6.49. The molecular weight excluding hydrogens is 409 g/mol. The van der Waals surface area contributed by atoms with Crippen LogP contribution in [0.3, 0.4) is 0 Å². The predicted octanol–water partition coefficient (Wildman–Crippen LogP) is 0.971. The SMILES string of the molecule is COc1ccc2[nH]cc(CCn3c4c(c(=O)[nH]c3=O)C(O)(C(F)(F)F)C(=O)N4)c2c1. The highest BCUT2D eigenvalue weighted by atomic mass is 19.4. The van der Waals surface area contributed by atoms with Crippen molar-refractivity contribution in [1.82, 2.24) is 14.5 Å². The third kappa shape index (κ3) is 2.71. The second-order valence-electron chi connectivity index (χ2n) is 6.77. The Bertz CT molecular complexity index is 1290. The maximum atomic E-state index is 13.4. The van der Waals surface area contributed by atoms with E-state index in [-0.39, 0.29) is 13.0 Å². The molecule has 0 aliphatic carbocycles. The molecule has 0 fully saturated rings. The van der Waals surface area contributed by atoms with E-state index in [1.807, 2.05) is 5.32 Å². The number of aryl methyl sites for hydroxylation is 1. The first-order chi connectivity index (χ1) is 14.1. The molecule has 1 atom stereocenters. The van der Waals surface area contributed by atoms with Gasteiger partial charge in [0.2, 0.25) is 0 Å². The molecule has 3 aromatic rings. The van der Waals surface area contributed by atoms with E-state index >= 15 is 0 Å². The zero-order valence-corrected chi connectivity index (χ0v) is 15.4. The minimum absolute atomic E-state index is 0.170. The highest BCUT2D eigenvalue weighted by molar-refractivity contribution is 6.04. The summed E-state index contributed by atoms with van der Waals surface area (Å²) >= 11 is 0. The average molecular weight is 424 g/mol. The summed E-state index contributed by atoms with van der Waals surface area (Å²) in [6.07, 6.45) is -3.61. The van der Waals surface area contributed by atoms with Crippen molar-refractivity contribution in [2.75, 3.05) is 12.4 Å². The molecule has 0 spiro atoms. The van der Waals surface area contributed by atoms with Gasteiger partial charge >= 0.3 is 11.9 Å². The molecule has 12 heteroatoms. The molecule has 0 radical (unpaired) electrons. The summed E-state index contributed by atoms with van der Waals surface area (Å²) in [5.41, 5.74) is -6.28. The Morgan fingerprint density at radius 1 is 1.23 bits per heavy atom. The minimum Gasteiger partial charge on any atom is -0.497 e. The van der Waals surface area contributed by atoms with Gasteiger partial charge < -0.3 is 20.1 Å². The topological polar surface area (TPSA) is 129 Å². The van der Waals surface area contributed by atoms with Gasteiger partial charge in [-0.3, -0.25) is 19.1 Å². The van der Waals surface area contributed by atoms with Crippen molar-refractivity contribution >= 4 is 22.6 Å². The van der Waals surface area contributed by atoms with E-state index in [1.165, 1.54) is 7.11 Å². The zero-order chi connectivity index (χ0) is 21.8. The van der Waals surface area contributed by atoms with Crippen LogP contribution in [0.25, 0.3) is 10.9 Å². The van der Waals surface area contributed by atoms with Crippen LogP contribution in [0.2, 0.25) is 0 Å². The molecule has 30 heavy (non-hydrogen) atoms. The van der Waals surface area contributed by atoms with Crippen molar-refractivity contribution in [3.63, 3.8) is 0 Å². The first-order valence-electron chi connectivity index (χ1n) is 8.70. The molecule has 4 rings (SSSR count). The standard InChI is InChI=1S/C18H15F3N4O5/c1-30-9-2-3-11-10(6-9)8(7-22-11)4-5-25-13-12(14(26)24-16(25)28)17(29,15(27)23-13)18(19,20)21/h2-3,6-7,22,29H,4-5H2,1H3,(H,23,27)(H,24,26,28). The number of halogens is 3. The van der Waals surface area contributed by atoms with E-state index in [0.717, 1.165) is 21.0 Å². The molecule has 158 valence electrons. The van der Waals surface area contributed by atoms with Gasteiger partial charge in [0.1, 0.15) is 17.1 Å². The average Bonchev–Trinajstić information content (AvgIpc) is 3.20. The molecule has 9 nitrogen and oxygen atoms in total. The van der Waals surface area contributed by atoms with Crippen LogP contribution in [-0.4, -0.2) is 38.8 Å². The highest BCUT2D eigenvalue weighted by Crippen LogP contribution is 2.44. The molecule has 0 saturated carbocycles. The van der Waals surface area contributed by atoms with Gasteiger partial charge in [-0.15, -0.1) is 0 Å². The maximum absolute atomic E-state index is 13.4. The number of hydrogen-bond donors (Lipinski definition) is 4. The number of carbonyl (C=O) groups is 1. The number of rotatable bonds is 4. The Hall–Kier alpha value is -3.54. The number of ether oxygens (including phenoxy) is 1. The highest BCUT2D eigenvalue weighted by Gasteiger charge is 2.66. The number of aliphatic hydroxyl groups is 1. The van der Waals surface area contributed by atoms with Crippen molar-refractivity contribution in [3.05, 3.63) is 56.4 Å². The van der Waals surface area contributed by atoms with E-state index in [9.17, 15) is 32.7 Å². The normalized spacial score (nSPS) is 18.5. The number of methoxy groups -OCH3 is 1. The summed E-state index contributed by atoms with van der Waals surface area (Å²) in [5, 5.41) is 12.6. The predicted molar refractivity (Wildman–Crippen MR) is 98.5 cm³/mol. The summed E-state index contributed by atoms with van der Waals surface area (Å²) in [5.74, 6) is -1.93. The number of anilines is 1. The molecule has 1 amide bonds. The molecule has 4 N–H and O–H groups in total. The van der Waals surface area contributed by atoms with Gasteiger partial charge in [-0.2, -0.15) is 13.2 Å². The van der Waals surface area contributed by atoms with Crippen LogP contribution in [0.1, 0.15) is 11.1 Å². The van der Waals surface area contributed by atoms with Crippen LogP contribution in [0.5, 0.6) is 5.75 Å². The van der Waals surface area contributed by atoms with E-state index in [4.69, 9.17) is 4.74 Å². The van der Waals surface area contributed by atoms with Crippen LogP contribution in [-0.2, 0) is 23.4 Å². The first-order valence-corrected chi connectivity index (χ1v) is 8.70. The minimum atomic E-state index is -5.45. The number of benzene rings is 1. The lowest BCUT2D eigenvalue weighted by Gasteiger charge is -2.22. The number of aromatic amines is 2. The summed E-state index contributed by atoms with van der Waals surface area (Å²) in [6.45, 7) is -0.170. The summed E-state index contributed by atoms with van der Waals surface area (Å²) in [6, 6.07) is 5.28. The molecule has 1 aliphatic heterocycles. The Morgan fingerprint density at radius 3 is 2.63 bits per heavy atom. The molecule has 1 unspecified atom stereocenters. The third-order valence-electron chi connectivity index (χ3n) is 5.11. The van der Waals surface area contributed by atoms with Crippen molar-refractivity contribution in [1.29, 1.82) is 0 Å². The van der Waals surface area contributed by atoms with E-state index < -0.39 is 40.3 Å². The van der Waals surface area contributed by atoms with Gasteiger partial charge in [-0.05, 0) is 30.2 Å². The third-order valence-corrected chi connectivity index (χ3v) is 5.11. The smallest absolute Gasteiger partial charge is 0.431 e. The fourth-order valence-electron chi connectivity index (χ4n) is 3.56. The first kappa shape index (κ1) is 19.8. The number of aromatic nitrogens is 3.